The smallest absolute Gasteiger partial charge is 0.254 e. The van der Waals surface area contributed by atoms with E-state index in [4.69, 9.17) is 4.74 Å². The van der Waals surface area contributed by atoms with E-state index < -0.39 is 0 Å². The number of benzene rings is 2. The Morgan fingerprint density at radius 2 is 1.71 bits per heavy atom. The minimum atomic E-state index is -0.225. The van der Waals surface area contributed by atoms with Crippen molar-refractivity contribution in [3.63, 3.8) is 0 Å². The normalized spacial score (nSPS) is 31.5. The van der Waals surface area contributed by atoms with Crippen molar-refractivity contribution in [2.75, 3.05) is 7.11 Å². The van der Waals surface area contributed by atoms with Crippen LogP contribution < -0.4 is 4.74 Å². The average Bonchev–Trinajstić information content (AvgIpc) is 3.32. The molecule has 5 heteroatoms. The number of allylic oxidation sites excluding steroid dienone is 2. The largest absolute Gasteiger partial charge is 0.496 e. The lowest BCUT2D eigenvalue weighted by atomic mass is 9.85. The van der Waals surface area contributed by atoms with E-state index in [0.29, 0.717) is 5.75 Å². The molecular weight excluding hydrogens is 352 g/mol. The molecule has 2 amide bonds. The maximum Gasteiger partial charge on any atom is 0.254 e. The van der Waals surface area contributed by atoms with Gasteiger partial charge in [-0.3, -0.25) is 9.59 Å². The fraction of sp³-hybridized carbons (Fsp3) is 0.348. The number of nitrogens with zero attached hydrogens (tertiary/aromatic N) is 2. The van der Waals surface area contributed by atoms with E-state index in [0.717, 1.165) is 34.2 Å². The van der Waals surface area contributed by atoms with Gasteiger partial charge in [0.25, 0.3) is 11.8 Å². The fourth-order valence-electron chi connectivity index (χ4n) is 5.88. The molecule has 28 heavy (non-hydrogen) atoms. The molecule has 3 fully saturated rings. The van der Waals surface area contributed by atoms with Gasteiger partial charge < -0.3 is 4.74 Å². The molecule has 140 valence electrons. The number of imide groups is 1. The molecule has 1 spiro atoms. The number of ether oxygens (including phenoxy) is 1. The minimum Gasteiger partial charge on any atom is -0.496 e. The van der Waals surface area contributed by atoms with Crippen molar-refractivity contribution < 1.29 is 14.3 Å². The summed E-state index contributed by atoms with van der Waals surface area (Å²) in [7, 11) is 1.61. The van der Waals surface area contributed by atoms with Gasteiger partial charge in [0.05, 0.1) is 25.2 Å². The third-order valence-corrected chi connectivity index (χ3v) is 7.28. The second-order valence-corrected chi connectivity index (χ2v) is 8.36. The summed E-state index contributed by atoms with van der Waals surface area (Å²) in [5.41, 5.74) is 0.980. The molecule has 2 bridgehead atoms. The maximum absolute atomic E-state index is 13.1. The molecule has 6 rings (SSSR count). The Labute approximate surface area is 162 Å². The van der Waals surface area contributed by atoms with E-state index in [1.54, 1.807) is 13.3 Å². The van der Waals surface area contributed by atoms with Gasteiger partial charge in [0.15, 0.2) is 0 Å². The SMILES string of the molecule is COc1ccc2ccccc2c1C=NN1C(=O)[C@@H]2[C@H](C1=O)[C@H]1C=C[C@H]2C12CC2. The highest BCUT2D eigenvalue weighted by molar-refractivity contribution is 6.08. The fourth-order valence-corrected chi connectivity index (χ4v) is 5.88. The first-order chi connectivity index (χ1) is 13.7. The third kappa shape index (κ3) is 1.84. The summed E-state index contributed by atoms with van der Waals surface area (Å²) >= 11 is 0. The van der Waals surface area contributed by atoms with Crippen LogP contribution in [0.25, 0.3) is 10.8 Å². The second kappa shape index (κ2) is 5.31. The third-order valence-electron chi connectivity index (χ3n) is 7.28. The standard InChI is InChI=1S/C23H20N2O3/c1-28-18-9-6-13-4-2-3-5-14(13)15(18)12-24-25-21(26)19-16-7-8-17(20(19)22(25)27)23(16)10-11-23/h2-9,12,16-17,19-20H,10-11H2,1H3/t16-,17-,19-,20+/m1/s1. The summed E-state index contributed by atoms with van der Waals surface area (Å²) in [5.74, 6) is 0.355. The van der Waals surface area contributed by atoms with Crippen molar-refractivity contribution in [1.82, 2.24) is 5.01 Å². The van der Waals surface area contributed by atoms with E-state index >= 15 is 0 Å². The Kier molecular flexibility index (Phi) is 3.04. The second-order valence-electron chi connectivity index (χ2n) is 8.36. The zero-order valence-corrected chi connectivity index (χ0v) is 15.5. The van der Waals surface area contributed by atoms with Crippen LogP contribution in [-0.4, -0.2) is 30.1 Å². The molecule has 4 atom stereocenters. The van der Waals surface area contributed by atoms with Crippen molar-refractivity contribution in [1.29, 1.82) is 0 Å². The number of hydrogen-bond acceptors (Lipinski definition) is 4. The molecule has 0 unspecified atom stereocenters. The first-order valence-electron chi connectivity index (χ1n) is 9.81. The maximum atomic E-state index is 13.1. The van der Waals surface area contributed by atoms with E-state index in [1.165, 1.54) is 0 Å². The van der Waals surface area contributed by atoms with Gasteiger partial charge in [-0.05, 0) is 46.9 Å². The van der Waals surface area contributed by atoms with E-state index in [2.05, 4.69) is 17.3 Å². The number of hydrogen-bond donors (Lipinski definition) is 0. The van der Waals surface area contributed by atoms with Gasteiger partial charge in [-0.15, -0.1) is 0 Å². The Bertz CT molecular complexity index is 1060. The molecule has 0 radical (unpaired) electrons. The minimum absolute atomic E-state index is 0.145. The summed E-state index contributed by atoms with van der Waals surface area (Å²) in [6.45, 7) is 0. The molecule has 2 saturated carbocycles. The Balaban J connectivity index is 1.37. The van der Waals surface area contributed by atoms with Crippen LogP contribution in [0.4, 0.5) is 0 Å². The number of rotatable bonds is 3. The van der Waals surface area contributed by atoms with Crippen molar-refractivity contribution in [2.24, 2.45) is 34.2 Å². The molecule has 4 aliphatic rings. The van der Waals surface area contributed by atoms with Gasteiger partial charge in [0.1, 0.15) is 5.75 Å². The Morgan fingerprint density at radius 3 is 2.36 bits per heavy atom. The van der Waals surface area contributed by atoms with Crippen LogP contribution in [0, 0.1) is 29.1 Å². The van der Waals surface area contributed by atoms with Crippen LogP contribution in [0.5, 0.6) is 5.75 Å². The first-order valence-corrected chi connectivity index (χ1v) is 9.81. The zero-order chi connectivity index (χ0) is 19.0. The highest BCUT2D eigenvalue weighted by atomic mass is 16.5. The number of carbonyl (C=O) groups excluding carboxylic acids is 2. The van der Waals surface area contributed by atoms with Gasteiger partial charge in [-0.2, -0.15) is 10.1 Å². The van der Waals surface area contributed by atoms with Crippen LogP contribution in [0.1, 0.15) is 18.4 Å². The zero-order valence-electron chi connectivity index (χ0n) is 15.5. The predicted octanol–water partition coefficient (Wildman–Crippen LogP) is 3.38. The molecule has 2 aromatic rings. The predicted molar refractivity (Wildman–Crippen MR) is 105 cm³/mol. The Hall–Kier alpha value is -2.95. The number of amides is 2. The van der Waals surface area contributed by atoms with Gasteiger partial charge in [0.2, 0.25) is 0 Å². The van der Waals surface area contributed by atoms with Crippen molar-refractivity contribution >= 4 is 28.8 Å². The molecule has 0 aromatic heterocycles. The lowest BCUT2D eigenvalue weighted by Gasteiger charge is -2.18. The van der Waals surface area contributed by atoms with Crippen molar-refractivity contribution in [3.05, 3.63) is 54.1 Å². The molecule has 1 aliphatic heterocycles. The average molecular weight is 372 g/mol. The molecular formula is C23H20N2O3. The summed E-state index contributed by atoms with van der Waals surface area (Å²) in [6, 6.07) is 11.8. The quantitative estimate of drug-likeness (QED) is 0.471. The highest BCUT2D eigenvalue weighted by Gasteiger charge is 2.73. The summed E-state index contributed by atoms with van der Waals surface area (Å²) in [4.78, 5) is 26.1. The van der Waals surface area contributed by atoms with Gasteiger partial charge in [-0.1, -0.05) is 42.5 Å². The number of fused-ring (bicyclic) bond motifs is 4. The number of carbonyl (C=O) groups is 2. The molecule has 3 aliphatic carbocycles. The molecule has 2 aromatic carbocycles. The Morgan fingerprint density at radius 1 is 1.04 bits per heavy atom. The van der Waals surface area contributed by atoms with Gasteiger partial charge in [-0.25, -0.2) is 0 Å². The lowest BCUT2D eigenvalue weighted by molar-refractivity contribution is -0.141. The lowest BCUT2D eigenvalue weighted by Crippen LogP contribution is -2.30. The van der Waals surface area contributed by atoms with Crippen molar-refractivity contribution in [2.45, 2.75) is 12.8 Å². The topological polar surface area (TPSA) is 59.0 Å². The van der Waals surface area contributed by atoms with E-state index in [-0.39, 0.29) is 40.9 Å². The van der Waals surface area contributed by atoms with E-state index in [9.17, 15) is 9.59 Å². The van der Waals surface area contributed by atoms with Crippen LogP contribution in [0.15, 0.2) is 53.7 Å². The van der Waals surface area contributed by atoms with Crippen molar-refractivity contribution in [3.8, 4) is 5.75 Å². The monoisotopic (exact) mass is 372 g/mol. The first kappa shape index (κ1) is 16.0. The number of methoxy groups -OCH3 is 1. The summed E-state index contributed by atoms with van der Waals surface area (Å²) in [5, 5.41) is 7.50. The van der Waals surface area contributed by atoms with E-state index in [1.807, 2.05) is 36.4 Å². The molecule has 5 nitrogen and oxygen atoms in total. The number of hydrazone groups is 1. The summed E-state index contributed by atoms with van der Waals surface area (Å²) < 4.78 is 5.49. The van der Waals surface area contributed by atoms with Crippen LogP contribution >= 0.6 is 0 Å². The highest BCUT2D eigenvalue weighted by Crippen LogP contribution is 2.73. The van der Waals surface area contributed by atoms with Gasteiger partial charge in [0, 0.05) is 5.56 Å². The van der Waals surface area contributed by atoms with Gasteiger partial charge >= 0.3 is 0 Å². The summed E-state index contributed by atoms with van der Waals surface area (Å²) in [6.07, 6.45) is 8.22. The van der Waals surface area contributed by atoms with Crippen LogP contribution in [0.2, 0.25) is 0 Å². The molecule has 1 heterocycles. The molecule has 0 N–H and O–H groups in total. The van der Waals surface area contributed by atoms with Crippen LogP contribution in [0.3, 0.4) is 0 Å². The molecule has 1 saturated heterocycles. The van der Waals surface area contributed by atoms with Crippen LogP contribution in [-0.2, 0) is 9.59 Å².